The number of methoxy groups -OCH3 is 1. The van der Waals surface area contributed by atoms with Crippen molar-refractivity contribution < 1.29 is 17.9 Å². The molecule has 0 aromatic heterocycles. The molecule has 118 valence electrons. The predicted molar refractivity (Wildman–Crippen MR) is 84.3 cm³/mol. The second-order valence-corrected chi connectivity index (χ2v) is 6.35. The van der Waals surface area contributed by atoms with E-state index in [1.807, 2.05) is 24.3 Å². The number of nitrogens with one attached hydrogen (secondary N) is 1. The molecule has 2 rings (SSSR count). The monoisotopic (exact) mass is 321 g/mol. The third kappa shape index (κ3) is 4.56. The van der Waals surface area contributed by atoms with Crippen molar-refractivity contribution >= 4 is 10.0 Å². The summed E-state index contributed by atoms with van der Waals surface area (Å²) in [7, 11) is -1.93. The van der Waals surface area contributed by atoms with Crippen LogP contribution in [0.3, 0.4) is 0 Å². The van der Waals surface area contributed by atoms with Crippen molar-refractivity contribution in [3.63, 3.8) is 0 Å². The minimum atomic E-state index is -3.53. The molecule has 0 aliphatic heterocycles. The van der Waals surface area contributed by atoms with Crippen molar-refractivity contribution in [3.05, 3.63) is 60.2 Å². The Kier molecular flexibility index (Phi) is 5.94. The Labute approximate surface area is 130 Å². The fourth-order valence-corrected chi connectivity index (χ4v) is 2.91. The zero-order valence-corrected chi connectivity index (χ0v) is 13.2. The summed E-state index contributed by atoms with van der Waals surface area (Å²) in [6.07, 6.45) is 0. The lowest BCUT2D eigenvalue weighted by molar-refractivity contribution is 0.145. The fourth-order valence-electron chi connectivity index (χ4n) is 1.88. The average molecular weight is 321 g/mol. The van der Waals surface area contributed by atoms with Gasteiger partial charge in [-0.2, -0.15) is 0 Å². The molecule has 0 aliphatic rings. The first-order chi connectivity index (χ1) is 10.6. The molecule has 22 heavy (non-hydrogen) atoms. The number of hydrogen-bond donors (Lipinski definition) is 1. The zero-order chi connectivity index (χ0) is 15.8. The first-order valence-corrected chi connectivity index (χ1v) is 8.36. The summed E-state index contributed by atoms with van der Waals surface area (Å²) in [6.45, 7) is 1.06. The van der Waals surface area contributed by atoms with Gasteiger partial charge < -0.3 is 9.47 Å². The van der Waals surface area contributed by atoms with Crippen LogP contribution < -0.4 is 9.46 Å². The van der Waals surface area contributed by atoms with Crippen LogP contribution in [0.4, 0.5) is 0 Å². The largest absolute Gasteiger partial charge is 0.491 e. The molecule has 0 saturated heterocycles. The summed E-state index contributed by atoms with van der Waals surface area (Å²) < 4.78 is 37.5. The highest BCUT2D eigenvalue weighted by Crippen LogP contribution is 2.18. The highest BCUT2D eigenvalue weighted by molar-refractivity contribution is 7.89. The predicted octanol–water partition coefficient (Wildman–Crippen LogP) is 2.19. The van der Waals surface area contributed by atoms with Gasteiger partial charge in [-0.1, -0.05) is 36.4 Å². The topological polar surface area (TPSA) is 64.6 Å². The molecule has 0 spiro atoms. The molecule has 2 aromatic carbocycles. The van der Waals surface area contributed by atoms with Gasteiger partial charge in [-0.15, -0.1) is 0 Å². The minimum Gasteiger partial charge on any atom is -0.491 e. The minimum absolute atomic E-state index is 0.167. The Bertz CT molecular complexity index is 686. The van der Waals surface area contributed by atoms with E-state index in [0.29, 0.717) is 19.0 Å². The van der Waals surface area contributed by atoms with Crippen molar-refractivity contribution in [3.8, 4) is 5.75 Å². The Balaban J connectivity index is 2.05. The molecule has 0 radical (unpaired) electrons. The molecule has 6 heteroatoms. The van der Waals surface area contributed by atoms with E-state index in [-0.39, 0.29) is 11.4 Å². The molecule has 0 amide bonds. The standard InChI is InChI=1S/C16H19NO4S/c1-20-11-12-21-16-10-6-5-7-14(16)13-17-22(18,19)15-8-3-2-4-9-15/h2-10,17H,11-13H2,1H3. The van der Waals surface area contributed by atoms with Crippen LogP contribution >= 0.6 is 0 Å². The van der Waals surface area contributed by atoms with Crippen LogP contribution in [-0.2, 0) is 21.3 Å². The van der Waals surface area contributed by atoms with Crippen LogP contribution in [0.5, 0.6) is 5.75 Å². The molecule has 0 saturated carbocycles. The van der Waals surface area contributed by atoms with Gasteiger partial charge in [0.05, 0.1) is 11.5 Å². The molecule has 5 nitrogen and oxygen atoms in total. The van der Waals surface area contributed by atoms with Gasteiger partial charge in [0.1, 0.15) is 12.4 Å². The van der Waals surface area contributed by atoms with Crippen LogP contribution in [-0.4, -0.2) is 28.7 Å². The quantitative estimate of drug-likeness (QED) is 0.757. The molecule has 0 heterocycles. The summed E-state index contributed by atoms with van der Waals surface area (Å²) >= 11 is 0. The number of sulfonamides is 1. The number of ether oxygens (including phenoxy) is 2. The molecule has 1 N–H and O–H groups in total. The average Bonchev–Trinajstić information content (AvgIpc) is 2.55. The number of para-hydroxylation sites is 1. The highest BCUT2D eigenvalue weighted by Gasteiger charge is 2.14. The van der Waals surface area contributed by atoms with Crippen LogP contribution in [0.1, 0.15) is 5.56 Å². The lowest BCUT2D eigenvalue weighted by Gasteiger charge is -2.12. The first kappa shape index (κ1) is 16.5. The second-order valence-electron chi connectivity index (χ2n) is 4.59. The third-order valence-electron chi connectivity index (χ3n) is 3.02. The molecule has 0 bridgehead atoms. The van der Waals surface area contributed by atoms with Crippen LogP contribution in [0.15, 0.2) is 59.5 Å². The van der Waals surface area contributed by atoms with E-state index in [1.54, 1.807) is 37.4 Å². The maximum atomic E-state index is 12.2. The summed E-state index contributed by atoms with van der Waals surface area (Å²) in [4.78, 5) is 0.243. The van der Waals surface area contributed by atoms with E-state index >= 15 is 0 Å². The Hall–Kier alpha value is -1.89. The molecule has 0 fully saturated rings. The van der Waals surface area contributed by atoms with Crippen LogP contribution in [0.2, 0.25) is 0 Å². The van der Waals surface area contributed by atoms with Gasteiger partial charge >= 0.3 is 0 Å². The summed E-state index contributed by atoms with van der Waals surface area (Å²) in [6, 6.07) is 15.6. The first-order valence-electron chi connectivity index (χ1n) is 6.88. The summed E-state index contributed by atoms with van der Waals surface area (Å²) in [5.74, 6) is 0.648. The van der Waals surface area contributed by atoms with Crippen LogP contribution in [0, 0.1) is 0 Å². The normalized spacial score (nSPS) is 11.3. The van der Waals surface area contributed by atoms with E-state index in [0.717, 1.165) is 5.56 Å². The van der Waals surface area contributed by atoms with E-state index in [4.69, 9.17) is 9.47 Å². The van der Waals surface area contributed by atoms with Gasteiger partial charge in [-0.05, 0) is 18.2 Å². The van der Waals surface area contributed by atoms with Crippen molar-refractivity contribution in [2.24, 2.45) is 0 Å². The van der Waals surface area contributed by atoms with E-state index in [2.05, 4.69) is 4.72 Å². The lowest BCUT2D eigenvalue weighted by Crippen LogP contribution is -2.23. The molecule has 0 aliphatic carbocycles. The van der Waals surface area contributed by atoms with Gasteiger partial charge in [0.25, 0.3) is 0 Å². The Morgan fingerprint density at radius 1 is 0.955 bits per heavy atom. The van der Waals surface area contributed by atoms with Gasteiger partial charge in [-0.25, -0.2) is 13.1 Å². The van der Waals surface area contributed by atoms with Gasteiger partial charge in [0.15, 0.2) is 0 Å². The second kappa shape index (κ2) is 7.93. The van der Waals surface area contributed by atoms with Crippen LogP contribution in [0.25, 0.3) is 0 Å². The summed E-state index contributed by atoms with van der Waals surface area (Å²) in [5, 5.41) is 0. The third-order valence-corrected chi connectivity index (χ3v) is 4.44. The smallest absolute Gasteiger partial charge is 0.240 e. The molecule has 2 aromatic rings. The fraction of sp³-hybridized carbons (Fsp3) is 0.250. The molecule has 0 unspecified atom stereocenters. The van der Waals surface area contributed by atoms with E-state index in [9.17, 15) is 8.42 Å². The number of rotatable bonds is 8. The van der Waals surface area contributed by atoms with Crippen molar-refractivity contribution in [1.29, 1.82) is 0 Å². The Morgan fingerprint density at radius 3 is 2.36 bits per heavy atom. The van der Waals surface area contributed by atoms with Gasteiger partial charge in [0.2, 0.25) is 10.0 Å². The van der Waals surface area contributed by atoms with E-state index in [1.165, 1.54) is 0 Å². The van der Waals surface area contributed by atoms with Crippen molar-refractivity contribution in [1.82, 2.24) is 4.72 Å². The molecule has 0 atom stereocenters. The number of benzene rings is 2. The summed E-state index contributed by atoms with van der Waals surface area (Å²) in [5.41, 5.74) is 0.776. The van der Waals surface area contributed by atoms with E-state index < -0.39 is 10.0 Å². The zero-order valence-electron chi connectivity index (χ0n) is 12.4. The van der Waals surface area contributed by atoms with Crippen molar-refractivity contribution in [2.75, 3.05) is 20.3 Å². The van der Waals surface area contributed by atoms with Gasteiger partial charge in [-0.3, -0.25) is 0 Å². The molecular formula is C16H19NO4S. The maximum Gasteiger partial charge on any atom is 0.240 e. The molecular weight excluding hydrogens is 302 g/mol. The highest BCUT2D eigenvalue weighted by atomic mass is 32.2. The Morgan fingerprint density at radius 2 is 1.64 bits per heavy atom. The van der Waals surface area contributed by atoms with Gasteiger partial charge in [0, 0.05) is 19.2 Å². The number of hydrogen-bond acceptors (Lipinski definition) is 4. The lowest BCUT2D eigenvalue weighted by atomic mass is 10.2. The SMILES string of the molecule is COCCOc1ccccc1CNS(=O)(=O)c1ccccc1. The van der Waals surface area contributed by atoms with Crippen molar-refractivity contribution in [2.45, 2.75) is 11.4 Å². The maximum absolute atomic E-state index is 12.2.